The Bertz CT molecular complexity index is 2210. The first-order valence-corrected chi connectivity index (χ1v) is 23.0. The van der Waals surface area contributed by atoms with Crippen LogP contribution in [0.15, 0.2) is 72.2 Å². The van der Waals surface area contributed by atoms with E-state index in [1.54, 1.807) is 22.3 Å². The summed E-state index contributed by atoms with van der Waals surface area (Å²) in [7, 11) is -0.404. The smallest absolute Gasteiger partial charge is 0.494 e. The van der Waals surface area contributed by atoms with Crippen LogP contribution in [0.25, 0.3) is 10.4 Å². The van der Waals surface area contributed by atoms with Crippen molar-refractivity contribution in [2.24, 2.45) is 5.92 Å². The molecular weight excluding hydrogens is 819 g/mol. The van der Waals surface area contributed by atoms with Gasteiger partial charge in [-0.3, -0.25) is 14.4 Å². The molecule has 13 nitrogen and oxygen atoms in total. The molecule has 15 heteroatoms. The van der Waals surface area contributed by atoms with Gasteiger partial charge in [0.15, 0.2) is 0 Å². The third kappa shape index (κ3) is 10.6. The molecule has 0 saturated carbocycles. The maximum Gasteiger partial charge on any atom is 0.494 e. The van der Waals surface area contributed by atoms with Crippen LogP contribution in [0.1, 0.15) is 94.4 Å². The fraction of sp³-hybridized carbons (Fsp3) is 0.500. The predicted molar refractivity (Wildman–Crippen MR) is 243 cm³/mol. The van der Waals surface area contributed by atoms with Crippen molar-refractivity contribution in [2.45, 2.75) is 117 Å². The van der Waals surface area contributed by atoms with Gasteiger partial charge in [-0.2, -0.15) is 0 Å². The van der Waals surface area contributed by atoms with Crippen molar-refractivity contribution in [2.75, 3.05) is 33.0 Å². The number of hydrogen-bond donors (Lipinski definition) is 2. The Hall–Kier alpha value is -4.80. The Kier molecular flexibility index (Phi) is 14.6. The molecule has 4 aromatic rings. The van der Waals surface area contributed by atoms with Crippen LogP contribution in [-0.2, 0) is 36.7 Å². The molecule has 3 aliphatic rings. The van der Waals surface area contributed by atoms with E-state index in [1.807, 2.05) is 115 Å². The highest BCUT2D eigenvalue weighted by Gasteiger charge is 2.52. The molecule has 2 N–H and O–H groups in total. The van der Waals surface area contributed by atoms with Crippen molar-refractivity contribution >= 4 is 41.6 Å². The molecule has 2 saturated heterocycles. The van der Waals surface area contributed by atoms with E-state index in [4.69, 9.17) is 23.5 Å². The highest BCUT2D eigenvalue weighted by molar-refractivity contribution is 7.13. The van der Waals surface area contributed by atoms with E-state index in [2.05, 4.69) is 10.3 Å². The van der Waals surface area contributed by atoms with Crippen LogP contribution in [0.5, 0.6) is 11.5 Å². The molecular formula is C48H61BN4O9S. The largest absolute Gasteiger partial charge is 0.494 e. The number of aromatic nitrogens is 1. The SMILES string of the molecule is Cc1ncsc1-c1ccc(CNC(=O)[C@@H]2C[C@@H](O)CN2C(=O)C(C(C)C)N2Cc3ccccc3C2=O)c(OCCCCOCCCOc2ccc(B3OC(C)(C)C(C)(C)O3)cc2)c1. The van der Waals surface area contributed by atoms with E-state index in [-0.39, 0.29) is 54.4 Å². The van der Waals surface area contributed by atoms with E-state index < -0.39 is 25.3 Å². The average Bonchev–Trinajstić information content (AvgIpc) is 4.00. The zero-order valence-corrected chi connectivity index (χ0v) is 38.4. The standard InChI is InChI=1S/C48H61BN4O9S/c1-31(2)42(53-28-35-13-8-9-14-39(35)45(53)56)46(57)52-29-37(54)26-40(52)44(55)50-27-34-16-15-33(43-32(3)51-30-63-43)25-41(34)60-23-11-10-21-58-22-12-24-59-38-19-17-36(18-20-38)49-61-47(4,5)48(6,7)62-49/h8-9,13-20,25,30-31,37,40,42,54H,10-12,21-24,26-29H2,1-7H3,(H,50,55)/t37-,40+,42?/m1/s1. The van der Waals surface area contributed by atoms with Crippen molar-refractivity contribution in [1.82, 2.24) is 20.1 Å². The van der Waals surface area contributed by atoms with Crippen molar-refractivity contribution in [3.63, 3.8) is 0 Å². The first-order valence-electron chi connectivity index (χ1n) is 22.1. The second-order valence-corrected chi connectivity index (χ2v) is 18.9. The summed E-state index contributed by atoms with van der Waals surface area (Å²) in [6.45, 7) is 16.6. The molecule has 7 rings (SSSR count). The molecule has 2 fully saturated rings. The van der Waals surface area contributed by atoms with Crippen molar-refractivity contribution in [1.29, 1.82) is 0 Å². The number of nitrogens with one attached hydrogen (secondary N) is 1. The molecule has 3 amide bonds. The first kappa shape index (κ1) is 46.2. The highest BCUT2D eigenvalue weighted by atomic mass is 32.1. The van der Waals surface area contributed by atoms with E-state index in [0.717, 1.165) is 57.7 Å². The number of carbonyl (C=O) groups is 3. The van der Waals surface area contributed by atoms with E-state index in [9.17, 15) is 19.5 Å². The summed E-state index contributed by atoms with van der Waals surface area (Å²) in [6.07, 6.45) is 1.57. The number of benzene rings is 3. The van der Waals surface area contributed by atoms with Crippen molar-refractivity contribution < 1.29 is 43.0 Å². The van der Waals surface area contributed by atoms with Crippen LogP contribution < -0.4 is 20.3 Å². The van der Waals surface area contributed by atoms with Gasteiger partial charge in [0.05, 0.1) is 46.6 Å². The Morgan fingerprint density at radius 1 is 0.952 bits per heavy atom. The molecule has 63 heavy (non-hydrogen) atoms. The number of aliphatic hydroxyl groups excluding tert-OH is 1. The van der Waals surface area contributed by atoms with Gasteiger partial charge in [-0.25, -0.2) is 4.98 Å². The van der Waals surface area contributed by atoms with Gasteiger partial charge in [-0.1, -0.05) is 56.3 Å². The number of unbranched alkanes of at least 4 members (excludes halogenated alkanes) is 1. The van der Waals surface area contributed by atoms with Gasteiger partial charge in [-0.05, 0) is 94.2 Å². The zero-order chi connectivity index (χ0) is 44.9. The third-order valence-electron chi connectivity index (χ3n) is 12.5. The summed E-state index contributed by atoms with van der Waals surface area (Å²) in [5.74, 6) is 0.312. The Morgan fingerprint density at radius 3 is 2.35 bits per heavy atom. The molecule has 3 atom stereocenters. The fourth-order valence-electron chi connectivity index (χ4n) is 8.25. The van der Waals surface area contributed by atoms with Gasteiger partial charge in [-0.15, -0.1) is 11.3 Å². The number of carbonyl (C=O) groups excluding carboxylic acids is 3. The van der Waals surface area contributed by atoms with E-state index in [1.165, 1.54) is 4.90 Å². The maximum absolute atomic E-state index is 14.2. The van der Waals surface area contributed by atoms with Crippen molar-refractivity contribution in [3.05, 3.63) is 94.6 Å². The van der Waals surface area contributed by atoms with Crippen LogP contribution in [0, 0.1) is 12.8 Å². The average molecular weight is 881 g/mol. The number of aliphatic hydroxyl groups is 1. The molecule has 1 aromatic heterocycles. The Labute approximate surface area is 375 Å². The molecule has 1 unspecified atom stereocenters. The monoisotopic (exact) mass is 880 g/mol. The van der Waals surface area contributed by atoms with E-state index >= 15 is 0 Å². The fourth-order valence-corrected chi connectivity index (χ4v) is 9.06. The topological polar surface area (TPSA) is 149 Å². The normalized spacial score (nSPS) is 19.4. The number of aryl methyl sites for hydroxylation is 1. The van der Waals surface area contributed by atoms with Gasteiger partial charge < -0.3 is 43.7 Å². The van der Waals surface area contributed by atoms with Crippen LogP contribution >= 0.6 is 11.3 Å². The lowest BCUT2D eigenvalue weighted by molar-refractivity contribution is -0.143. The van der Waals surface area contributed by atoms with Crippen molar-refractivity contribution in [3.8, 4) is 21.9 Å². The number of amides is 3. The van der Waals surface area contributed by atoms with Gasteiger partial charge in [0.1, 0.15) is 23.6 Å². The lowest BCUT2D eigenvalue weighted by Crippen LogP contribution is -2.55. The number of hydrogen-bond acceptors (Lipinski definition) is 11. The quantitative estimate of drug-likeness (QED) is 0.0810. The van der Waals surface area contributed by atoms with Crippen LogP contribution in [0.4, 0.5) is 0 Å². The third-order valence-corrected chi connectivity index (χ3v) is 13.5. The lowest BCUT2D eigenvalue weighted by Gasteiger charge is -2.35. The molecule has 4 heterocycles. The van der Waals surface area contributed by atoms with Gasteiger partial charge >= 0.3 is 7.12 Å². The van der Waals surface area contributed by atoms with Crippen LogP contribution in [0.2, 0.25) is 0 Å². The maximum atomic E-state index is 14.2. The molecule has 3 aromatic carbocycles. The predicted octanol–water partition coefficient (Wildman–Crippen LogP) is 6.32. The minimum Gasteiger partial charge on any atom is -0.494 e. The summed E-state index contributed by atoms with van der Waals surface area (Å²) in [5, 5.41) is 13.8. The Morgan fingerprint density at radius 2 is 1.65 bits per heavy atom. The molecule has 0 spiro atoms. The highest BCUT2D eigenvalue weighted by Crippen LogP contribution is 2.37. The summed E-state index contributed by atoms with van der Waals surface area (Å²) in [5.41, 5.74) is 6.14. The number of β-amino-alcohol motifs (C(OH)–C–C–N with tert-alkyl or cyclic N) is 1. The van der Waals surface area contributed by atoms with Crippen LogP contribution in [-0.4, -0.2) is 107 Å². The van der Waals surface area contributed by atoms with E-state index in [0.29, 0.717) is 44.3 Å². The van der Waals surface area contributed by atoms with Gasteiger partial charge in [0.25, 0.3) is 5.91 Å². The molecule has 336 valence electrons. The summed E-state index contributed by atoms with van der Waals surface area (Å²) < 4.78 is 30.5. The zero-order valence-electron chi connectivity index (χ0n) is 37.6. The minimum atomic E-state index is -0.885. The second kappa shape index (κ2) is 19.9. The number of fused-ring (bicyclic) bond motifs is 1. The number of nitrogens with zero attached hydrogens (tertiary/aromatic N) is 3. The number of ether oxygens (including phenoxy) is 3. The van der Waals surface area contributed by atoms with Crippen LogP contribution in [0.3, 0.4) is 0 Å². The summed E-state index contributed by atoms with van der Waals surface area (Å²) >= 11 is 1.56. The number of rotatable bonds is 19. The van der Waals surface area contributed by atoms with Gasteiger partial charge in [0, 0.05) is 56.8 Å². The minimum absolute atomic E-state index is 0.0173. The lowest BCUT2D eigenvalue weighted by atomic mass is 9.79. The summed E-state index contributed by atoms with van der Waals surface area (Å²) in [6, 6.07) is 19.5. The van der Waals surface area contributed by atoms with Gasteiger partial charge in [0.2, 0.25) is 11.8 Å². The number of thiazole rings is 1. The molecule has 0 aliphatic carbocycles. The second-order valence-electron chi connectivity index (χ2n) is 18.0. The number of likely N-dealkylation sites (tertiary alicyclic amines) is 1. The molecule has 0 bridgehead atoms. The first-order chi connectivity index (χ1) is 30.1. The molecule has 3 aliphatic heterocycles. The molecule has 0 radical (unpaired) electrons. The summed E-state index contributed by atoms with van der Waals surface area (Å²) in [4.78, 5) is 50.0. The Balaban J connectivity index is 0.877.